The lowest BCUT2D eigenvalue weighted by atomic mass is 10.2. The van der Waals surface area contributed by atoms with Crippen LogP contribution in [0.5, 0.6) is 0 Å². The van der Waals surface area contributed by atoms with Gasteiger partial charge in [0, 0.05) is 12.1 Å². The molecule has 0 aliphatic carbocycles. The summed E-state index contributed by atoms with van der Waals surface area (Å²) < 4.78 is 4.40. The van der Waals surface area contributed by atoms with E-state index in [9.17, 15) is 19.7 Å². The molecule has 0 heterocycles. The lowest BCUT2D eigenvalue weighted by Gasteiger charge is -2.06. The van der Waals surface area contributed by atoms with Gasteiger partial charge in [-0.05, 0) is 6.07 Å². The first-order valence-electron chi connectivity index (χ1n) is 5.06. The number of nitrogens with one attached hydrogen (secondary N) is 1. The average Bonchev–Trinajstić information content (AvgIpc) is 2.34. The second-order valence-corrected chi connectivity index (χ2v) is 3.75. The Labute approximate surface area is 112 Å². The van der Waals surface area contributed by atoms with Crippen LogP contribution in [-0.4, -0.2) is 30.1 Å². The van der Waals surface area contributed by atoms with Crippen molar-refractivity contribution in [1.29, 1.82) is 0 Å². The molecule has 1 rings (SSSR count). The molecule has 0 saturated carbocycles. The minimum atomic E-state index is -0.956. The Hall–Kier alpha value is -2.35. The first kappa shape index (κ1) is 14.7. The van der Waals surface area contributed by atoms with Gasteiger partial charge in [-0.15, -0.1) is 0 Å². The average molecular weight is 288 g/mol. The molecule has 9 heteroatoms. The monoisotopic (exact) mass is 287 g/mol. The Morgan fingerprint density at radius 3 is 2.74 bits per heavy atom. The van der Waals surface area contributed by atoms with Gasteiger partial charge in [-0.1, -0.05) is 11.6 Å². The maximum Gasteiger partial charge on any atom is 0.404 e. The second kappa shape index (κ2) is 6.55. The molecule has 0 atom stereocenters. The van der Waals surface area contributed by atoms with Gasteiger partial charge in [0.2, 0.25) is 0 Å². The zero-order chi connectivity index (χ0) is 14.4. The number of nitrogens with two attached hydrogens (primary N) is 1. The summed E-state index contributed by atoms with van der Waals surface area (Å²) in [4.78, 5) is 31.9. The molecule has 0 spiro atoms. The standard InChI is InChI=1S/C10H10ClN3O5/c11-8-2-1-6(14(17)18)5-7(8)9(15)13-3-4-19-10(12)16/h1-2,5H,3-4H2,(H2,12,16)(H,13,15). The third-order valence-corrected chi connectivity index (χ3v) is 2.37. The highest BCUT2D eigenvalue weighted by molar-refractivity contribution is 6.33. The molecule has 2 amide bonds. The van der Waals surface area contributed by atoms with Gasteiger partial charge in [0.15, 0.2) is 0 Å². The molecular formula is C10H10ClN3O5. The number of ether oxygens (including phenoxy) is 1. The van der Waals surface area contributed by atoms with Crippen LogP contribution in [0.3, 0.4) is 0 Å². The Kier molecular flexibility index (Phi) is 5.07. The quantitative estimate of drug-likeness (QED) is 0.476. The largest absolute Gasteiger partial charge is 0.448 e. The van der Waals surface area contributed by atoms with Crippen LogP contribution in [-0.2, 0) is 4.74 Å². The van der Waals surface area contributed by atoms with Gasteiger partial charge < -0.3 is 15.8 Å². The fourth-order valence-electron chi connectivity index (χ4n) is 1.21. The van der Waals surface area contributed by atoms with Gasteiger partial charge >= 0.3 is 6.09 Å². The number of carbonyl (C=O) groups is 2. The third kappa shape index (κ3) is 4.43. The molecule has 0 fully saturated rings. The summed E-state index contributed by atoms with van der Waals surface area (Å²) in [6, 6.07) is 3.51. The smallest absolute Gasteiger partial charge is 0.404 e. The topological polar surface area (TPSA) is 125 Å². The first-order valence-corrected chi connectivity index (χ1v) is 5.44. The van der Waals surface area contributed by atoms with Gasteiger partial charge in [0.25, 0.3) is 11.6 Å². The van der Waals surface area contributed by atoms with E-state index < -0.39 is 16.9 Å². The number of nitro benzene ring substituents is 1. The molecule has 102 valence electrons. The SMILES string of the molecule is NC(=O)OCCNC(=O)c1cc([N+](=O)[O-])ccc1Cl. The van der Waals surface area contributed by atoms with Gasteiger partial charge in [-0.2, -0.15) is 0 Å². The number of nitrogens with zero attached hydrogens (tertiary/aromatic N) is 1. The molecule has 0 aromatic heterocycles. The fraction of sp³-hybridized carbons (Fsp3) is 0.200. The van der Waals surface area contributed by atoms with Crippen molar-refractivity contribution in [3.63, 3.8) is 0 Å². The highest BCUT2D eigenvalue weighted by Gasteiger charge is 2.15. The molecule has 0 bridgehead atoms. The van der Waals surface area contributed by atoms with Crippen molar-refractivity contribution < 1.29 is 19.2 Å². The summed E-state index contributed by atoms with van der Waals surface area (Å²) in [5.41, 5.74) is 4.45. The van der Waals surface area contributed by atoms with Gasteiger partial charge in [0.05, 0.1) is 22.1 Å². The van der Waals surface area contributed by atoms with Crippen molar-refractivity contribution in [1.82, 2.24) is 5.32 Å². The van der Waals surface area contributed by atoms with E-state index in [1.54, 1.807) is 0 Å². The number of halogens is 1. The number of amides is 2. The predicted molar refractivity (Wildman–Crippen MR) is 66.0 cm³/mol. The summed E-state index contributed by atoms with van der Waals surface area (Å²) in [7, 11) is 0. The number of hydrogen-bond donors (Lipinski definition) is 2. The molecule has 1 aromatic rings. The third-order valence-electron chi connectivity index (χ3n) is 2.04. The van der Waals surface area contributed by atoms with E-state index >= 15 is 0 Å². The van der Waals surface area contributed by atoms with Crippen LogP contribution in [0.15, 0.2) is 18.2 Å². The molecule has 0 saturated heterocycles. The molecule has 0 radical (unpaired) electrons. The van der Waals surface area contributed by atoms with Gasteiger partial charge in [0.1, 0.15) is 6.61 Å². The summed E-state index contributed by atoms with van der Waals surface area (Å²) in [5, 5.41) is 13.0. The highest BCUT2D eigenvalue weighted by atomic mass is 35.5. The molecule has 0 aliphatic rings. The van der Waals surface area contributed by atoms with Crippen LogP contribution in [0.2, 0.25) is 5.02 Å². The van der Waals surface area contributed by atoms with Crippen molar-refractivity contribution in [2.24, 2.45) is 5.73 Å². The van der Waals surface area contributed by atoms with Crippen LogP contribution in [0.4, 0.5) is 10.5 Å². The molecule has 0 unspecified atom stereocenters. The zero-order valence-corrected chi connectivity index (χ0v) is 10.3. The number of nitro groups is 1. The van der Waals surface area contributed by atoms with Crippen molar-refractivity contribution in [2.45, 2.75) is 0 Å². The molecule has 0 aliphatic heterocycles. The highest BCUT2D eigenvalue weighted by Crippen LogP contribution is 2.21. The Morgan fingerprint density at radius 1 is 1.47 bits per heavy atom. The number of hydrogen-bond acceptors (Lipinski definition) is 5. The molecule has 8 nitrogen and oxygen atoms in total. The van der Waals surface area contributed by atoms with E-state index in [1.165, 1.54) is 12.1 Å². The van der Waals surface area contributed by atoms with E-state index in [2.05, 4.69) is 10.1 Å². The molecule has 3 N–H and O–H groups in total. The summed E-state index contributed by atoms with van der Waals surface area (Å²) in [5.74, 6) is -0.609. The normalized spacial score (nSPS) is 9.74. The van der Waals surface area contributed by atoms with Crippen molar-refractivity contribution >= 4 is 29.3 Å². The van der Waals surface area contributed by atoms with Crippen LogP contribution in [0.25, 0.3) is 0 Å². The maximum absolute atomic E-state index is 11.7. The molecule has 1 aromatic carbocycles. The van der Waals surface area contributed by atoms with E-state index in [4.69, 9.17) is 17.3 Å². The van der Waals surface area contributed by atoms with Gasteiger partial charge in [-0.25, -0.2) is 4.79 Å². The van der Waals surface area contributed by atoms with Crippen LogP contribution in [0.1, 0.15) is 10.4 Å². The van der Waals surface area contributed by atoms with Crippen LogP contribution in [0, 0.1) is 10.1 Å². The van der Waals surface area contributed by atoms with E-state index in [-0.39, 0.29) is 29.4 Å². The minimum absolute atomic E-state index is 0.0147. The van der Waals surface area contributed by atoms with Crippen LogP contribution >= 0.6 is 11.6 Å². The van der Waals surface area contributed by atoms with E-state index in [1.807, 2.05) is 0 Å². The lowest BCUT2D eigenvalue weighted by molar-refractivity contribution is -0.384. The van der Waals surface area contributed by atoms with Crippen molar-refractivity contribution in [2.75, 3.05) is 13.2 Å². The van der Waals surface area contributed by atoms with Crippen molar-refractivity contribution in [3.05, 3.63) is 38.9 Å². The fourth-order valence-corrected chi connectivity index (χ4v) is 1.42. The second-order valence-electron chi connectivity index (χ2n) is 3.34. The Balaban J connectivity index is 2.68. The minimum Gasteiger partial charge on any atom is -0.448 e. The predicted octanol–water partition coefficient (Wildman–Crippen LogP) is 1.07. The number of benzene rings is 1. The number of non-ortho nitro benzene ring substituents is 1. The van der Waals surface area contributed by atoms with Crippen molar-refractivity contribution in [3.8, 4) is 0 Å². The molecular weight excluding hydrogens is 278 g/mol. The zero-order valence-electron chi connectivity index (χ0n) is 9.59. The maximum atomic E-state index is 11.7. The number of rotatable bonds is 5. The number of primary amides is 1. The number of carbonyl (C=O) groups excluding carboxylic acids is 2. The Morgan fingerprint density at radius 2 is 2.16 bits per heavy atom. The first-order chi connectivity index (χ1) is 8.91. The molecule has 19 heavy (non-hydrogen) atoms. The summed E-state index contributed by atoms with van der Waals surface area (Å²) >= 11 is 5.77. The van der Waals surface area contributed by atoms with Crippen LogP contribution < -0.4 is 11.1 Å². The Bertz CT molecular complexity index is 520. The summed E-state index contributed by atoms with van der Waals surface area (Å²) in [6.07, 6.45) is -0.956. The summed E-state index contributed by atoms with van der Waals surface area (Å²) in [6.45, 7) is -0.0889. The van der Waals surface area contributed by atoms with E-state index in [0.29, 0.717) is 0 Å². The van der Waals surface area contributed by atoms with Gasteiger partial charge in [-0.3, -0.25) is 14.9 Å². The van der Waals surface area contributed by atoms with E-state index in [0.717, 1.165) is 6.07 Å². The lowest BCUT2D eigenvalue weighted by Crippen LogP contribution is -2.29.